The SMILES string of the molecule is COc1ccccc1CNC(=O)CN(C(C)=O)c1ccccc1C#N. The molecule has 0 bridgehead atoms. The Morgan fingerprint density at radius 1 is 1.16 bits per heavy atom. The van der Waals surface area contributed by atoms with Crippen LogP contribution in [0, 0.1) is 11.3 Å². The average molecular weight is 337 g/mol. The maximum atomic E-state index is 12.3. The predicted octanol–water partition coefficient (Wildman–Crippen LogP) is 2.24. The lowest BCUT2D eigenvalue weighted by Crippen LogP contribution is -2.40. The lowest BCUT2D eigenvalue weighted by atomic mass is 10.1. The number of hydrogen-bond acceptors (Lipinski definition) is 4. The second-order valence-corrected chi connectivity index (χ2v) is 5.32. The van der Waals surface area contributed by atoms with Gasteiger partial charge in [0.2, 0.25) is 11.8 Å². The van der Waals surface area contributed by atoms with Gasteiger partial charge in [0.05, 0.1) is 18.4 Å². The van der Waals surface area contributed by atoms with Gasteiger partial charge >= 0.3 is 0 Å². The summed E-state index contributed by atoms with van der Waals surface area (Å²) in [5, 5.41) is 12.0. The van der Waals surface area contributed by atoms with E-state index in [4.69, 9.17) is 4.74 Å². The van der Waals surface area contributed by atoms with Crippen LogP contribution >= 0.6 is 0 Å². The first-order valence-electron chi connectivity index (χ1n) is 7.72. The van der Waals surface area contributed by atoms with E-state index in [2.05, 4.69) is 5.32 Å². The predicted molar refractivity (Wildman–Crippen MR) is 94.0 cm³/mol. The molecule has 0 aromatic heterocycles. The number of methoxy groups -OCH3 is 1. The van der Waals surface area contributed by atoms with Gasteiger partial charge in [-0.1, -0.05) is 30.3 Å². The third kappa shape index (κ3) is 4.58. The van der Waals surface area contributed by atoms with Gasteiger partial charge in [-0.05, 0) is 18.2 Å². The standard InChI is InChI=1S/C19H19N3O3/c1-14(23)22(17-9-5-3-7-15(17)11-20)13-19(24)21-12-16-8-4-6-10-18(16)25-2/h3-10H,12-13H2,1-2H3,(H,21,24). The number of benzene rings is 2. The highest BCUT2D eigenvalue weighted by molar-refractivity contribution is 5.98. The van der Waals surface area contributed by atoms with Crippen LogP contribution in [0.4, 0.5) is 5.69 Å². The van der Waals surface area contributed by atoms with E-state index in [1.807, 2.05) is 30.3 Å². The van der Waals surface area contributed by atoms with Gasteiger partial charge in [-0.25, -0.2) is 0 Å². The molecule has 6 heteroatoms. The number of hydrogen-bond donors (Lipinski definition) is 1. The summed E-state index contributed by atoms with van der Waals surface area (Å²) >= 11 is 0. The topological polar surface area (TPSA) is 82.4 Å². The van der Waals surface area contributed by atoms with Crippen molar-refractivity contribution in [3.8, 4) is 11.8 Å². The molecule has 0 atom stereocenters. The minimum absolute atomic E-state index is 0.164. The van der Waals surface area contributed by atoms with Crippen LogP contribution in [-0.4, -0.2) is 25.5 Å². The zero-order valence-electron chi connectivity index (χ0n) is 14.2. The molecular formula is C19H19N3O3. The number of carbonyl (C=O) groups is 2. The van der Waals surface area contributed by atoms with Crippen molar-refractivity contribution >= 4 is 17.5 Å². The second-order valence-electron chi connectivity index (χ2n) is 5.32. The van der Waals surface area contributed by atoms with Gasteiger partial charge in [0, 0.05) is 19.0 Å². The Labute approximate surface area is 146 Å². The van der Waals surface area contributed by atoms with Gasteiger partial charge in [0.1, 0.15) is 18.4 Å². The fourth-order valence-electron chi connectivity index (χ4n) is 2.41. The molecule has 0 spiro atoms. The molecule has 2 amide bonds. The van der Waals surface area contributed by atoms with Crippen LogP contribution in [0.25, 0.3) is 0 Å². The van der Waals surface area contributed by atoms with E-state index in [9.17, 15) is 14.9 Å². The number of amides is 2. The molecule has 0 aliphatic heterocycles. The Morgan fingerprint density at radius 3 is 2.52 bits per heavy atom. The molecule has 0 radical (unpaired) electrons. The zero-order chi connectivity index (χ0) is 18.2. The molecule has 6 nitrogen and oxygen atoms in total. The normalized spacial score (nSPS) is 9.80. The number of ether oxygens (including phenoxy) is 1. The molecule has 25 heavy (non-hydrogen) atoms. The number of nitrogens with zero attached hydrogens (tertiary/aromatic N) is 2. The van der Waals surface area contributed by atoms with Gasteiger partial charge in [-0.15, -0.1) is 0 Å². The van der Waals surface area contributed by atoms with Gasteiger partial charge in [0.15, 0.2) is 0 Å². The molecule has 0 saturated heterocycles. The van der Waals surface area contributed by atoms with E-state index in [1.165, 1.54) is 11.8 Å². The number of anilines is 1. The third-order valence-electron chi connectivity index (χ3n) is 3.67. The van der Waals surface area contributed by atoms with Crippen molar-refractivity contribution in [3.63, 3.8) is 0 Å². The van der Waals surface area contributed by atoms with Crippen LogP contribution < -0.4 is 15.0 Å². The lowest BCUT2D eigenvalue weighted by Gasteiger charge is -2.21. The van der Waals surface area contributed by atoms with Crippen LogP contribution in [0.2, 0.25) is 0 Å². The van der Waals surface area contributed by atoms with Crippen molar-refractivity contribution in [1.29, 1.82) is 5.26 Å². The lowest BCUT2D eigenvalue weighted by molar-refractivity contribution is -0.123. The fourth-order valence-corrected chi connectivity index (χ4v) is 2.41. The molecule has 2 aromatic carbocycles. The number of nitriles is 1. The number of para-hydroxylation sites is 2. The van der Waals surface area contributed by atoms with Crippen molar-refractivity contribution in [2.24, 2.45) is 0 Å². The van der Waals surface area contributed by atoms with Gasteiger partial charge in [-0.2, -0.15) is 5.26 Å². The van der Waals surface area contributed by atoms with Crippen LogP contribution in [-0.2, 0) is 16.1 Å². The average Bonchev–Trinajstić information content (AvgIpc) is 2.64. The highest BCUT2D eigenvalue weighted by Crippen LogP contribution is 2.20. The molecule has 2 aromatic rings. The van der Waals surface area contributed by atoms with Crippen LogP contribution in [0.3, 0.4) is 0 Å². The van der Waals surface area contributed by atoms with Crippen LogP contribution in [0.1, 0.15) is 18.1 Å². The Bertz CT molecular complexity index is 812. The van der Waals surface area contributed by atoms with Crippen molar-refractivity contribution in [3.05, 3.63) is 59.7 Å². The van der Waals surface area contributed by atoms with Gasteiger partial charge in [-0.3, -0.25) is 9.59 Å². The van der Waals surface area contributed by atoms with E-state index in [1.54, 1.807) is 31.4 Å². The molecule has 128 valence electrons. The molecule has 2 rings (SSSR count). The molecule has 0 fully saturated rings. The first-order chi connectivity index (χ1) is 12.1. The molecular weight excluding hydrogens is 318 g/mol. The number of rotatable bonds is 6. The summed E-state index contributed by atoms with van der Waals surface area (Å²) in [6, 6.07) is 16.1. The highest BCUT2D eigenvalue weighted by Gasteiger charge is 2.18. The molecule has 1 N–H and O–H groups in total. The van der Waals surface area contributed by atoms with Crippen molar-refractivity contribution in [1.82, 2.24) is 5.32 Å². The summed E-state index contributed by atoms with van der Waals surface area (Å²) in [5.74, 6) is 0.0463. The Hall–Kier alpha value is -3.33. The Balaban J connectivity index is 2.09. The van der Waals surface area contributed by atoms with Gasteiger partial charge < -0.3 is 15.0 Å². The number of carbonyl (C=O) groups excluding carboxylic acids is 2. The summed E-state index contributed by atoms with van der Waals surface area (Å²) < 4.78 is 5.24. The van der Waals surface area contributed by atoms with E-state index >= 15 is 0 Å². The summed E-state index contributed by atoms with van der Waals surface area (Å²) in [6.45, 7) is 1.49. The summed E-state index contributed by atoms with van der Waals surface area (Å²) in [5.41, 5.74) is 1.60. The quantitative estimate of drug-likeness (QED) is 0.876. The third-order valence-corrected chi connectivity index (χ3v) is 3.67. The molecule has 0 unspecified atom stereocenters. The fraction of sp³-hybridized carbons (Fsp3) is 0.211. The van der Waals surface area contributed by atoms with Gasteiger partial charge in [0.25, 0.3) is 0 Å². The zero-order valence-corrected chi connectivity index (χ0v) is 14.2. The Kier molecular flexibility index (Phi) is 6.13. The molecule has 0 aliphatic carbocycles. The summed E-state index contributed by atoms with van der Waals surface area (Å²) in [4.78, 5) is 25.5. The number of nitrogens with one attached hydrogen (secondary N) is 1. The van der Waals surface area contributed by atoms with Crippen LogP contribution in [0.5, 0.6) is 5.75 Å². The highest BCUT2D eigenvalue weighted by atomic mass is 16.5. The molecule has 0 saturated carbocycles. The maximum Gasteiger partial charge on any atom is 0.240 e. The Morgan fingerprint density at radius 2 is 1.84 bits per heavy atom. The first-order valence-corrected chi connectivity index (χ1v) is 7.72. The van der Waals surface area contributed by atoms with Crippen molar-refractivity contribution in [2.75, 3.05) is 18.6 Å². The molecule has 0 heterocycles. The maximum absolute atomic E-state index is 12.3. The van der Waals surface area contributed by atoms with E-state index in [0.717, 1.165) is 5.56 Å². The monoisotopic (exact) mass is 337 g/mol. The molecule has 0 aliphatic rings. The summed E-state index contributed by atoms with van der Waals surface area (Å²) in [7, 11) is 1.57. The van der Waals surface area contributed by atoms with E-state index < -0.39 is 0 Å². The summed E-state index contributed by atoms with van der Waals surface area (Å²) in [6.07, 6.45) is 0. The largest absolute Gasteiger partial charge is 0.496 e. The minimum atomic E-state index is -0.325. The van der Waals surface area contributed by atoms with Crippen molar-refractivity contribution < 1.29 is 14.3 Å². The minimum Gasteiger partial charge on any atom is -0.496 e. The second kappa shape index (κ2) is 8.50. The van der Waals surface area contributed by atoms with E-state index in [0.29, 0.717) is 17.0 Å². The van der Waals surface area contributed by atoms with E-state index in [-0.39, 0.29) is 24.9 Å². The van der Waals surface area contributed by atoms with Crippen LogP contribution in [0.15, 0.2) is 48.5 Å². The first kappa shape index (κ1) is 18.0. The smallest absolute Gasteiger partial charge is 0.240 e. The van der Waals surface area contributed by atoms with Crippen molar-refractivity contribution in [2.45, 2.75) is 13.5 Å².